The number of rotatable bonds is 4. The Morgan fingerprint density at radius 1 is 1.07 bits per heavy atom. The van der Waals surface area contributed by atoms with Crippen molar-refractivity contribution in [2.24, 2.45) is 0 Å². The van der Waals surface area contributed by atoms with Crippen LogP contribution in [0.5, 0.6) is 0 Å². The third-order valence-corrected chi connectivity index (χ3v) is 5.46. The van der Waals surface area contributed by atoms with E-state index in [0.717, 1.165) is 38.0 Å². The van der Waals surface area contributed by atoms with Crippen LogP contribution in [0.25, 0.3) is 0 Å². The van der Waals surface area contributed by atoms with Crippen molar-refractivity contribution in [2.75, 3.05) is 36.4 Å². The fourth-order valence-corrected chi connectivity index (χ4v) is 3.99. The van der Waals surface area contributed by atoms with E-state index in [1.807, 2.05) is 0 Å². The van der Waals surface area contributed by atoms with Crippen molar-refractivity contribution >= 4 is 17.5 Å². The van der Waals surface area contributed by atoms with Gasteiger partial charge in [0.2, 0.25) is 0 Å². The summed E-state index contributed by atoms with van der Waals surface area (Å²) in [6, 6.07) is 8.13. The molecule has 1 aromatic carbocycles. The Bertz CT molecular complexity index is 800. The lowest BCUT2D eigenvalue weighted by Crippen LogP contribution is -2.50. The fourth-order valence-electron chi connectivity index (χ4n) is 3.99. The molecule has 2 fully saturated rings. The van der Waals surface area contributed by atoms with Gasteiger partial charge in [-0.1, -0.05) is 18.9 Å². The molecule has 2 heterocycles. The second-order valence-electron chi connectivity index (χ2n) is 7.19. The molecule has 1 aliphatic heterocycles. The predicted molar refractivity (Wildman–Crippen MR) is 102 cm³/mol. The summed E-state index contributed by atoms with van der Waals surface area (Å²) in [6.07, 6.45) is 6.81. The Morgan fingerprint density at radius 3 is 2.59 bits per heavy atom. The van der Waals surface area contributed by atoms with Gasteiger partial charge in [0, 0.05) is 43.9 Å². The Labute approximate surface area is 158 Å². The molecule has 1 saturated heterocycles. The van der Waals surface area contributed by atoms with Crippen LogP contribution in [-0.2, 0) is 0 Å². The summed E-state index contributed by atoms with van der Waals surface area (Å²) in [7, 11) is 0. The van der Waals surface area contributed by atoms with Crippen molar-refractivity contribution in [3.63, 3.8) is 0 Å². The van der Waals surface area contributed by atoms with Crippen LogP contribution in [0.3, 0.4) is 0 Å². The monoisotopic (exact) mass is 369 g/mol. The van der Waals surface area contributed by atoms with E-state index in [2.05, 4.69) is 25.1 Å². The maximum Gasteiger partial charge on any atom is 0.256 e. The first kappa shape index (κ1) is 17.9. The largest absolute Gasteiger partial charge is 0.354 e. The number of carbonyl (C=O) groups is 1. The lowest BCUT2D eigenvalue weighted by molar-refractivity contribution is 0.102. The summed E-state index contributed by atoms with van der Waals surface area (Å²) >= 11 is 0. The van der Waals surface area contributed by atoms with Gasteiger partial charge in [0.25, 0.3) is 5.91 Å². The SMILES string of the molecule is O=C(Nc1cc(N2CCN(C3CCCC3)CC2)ncn1)c1cccc(F)c1. The van der Waals surface area contributed by atoms with E-state index in [1.54, 1.807) is 12.1 Å². The molecule has 27 heavy (non-hydrogen) atoms. The number of benzene rings is 1. The molecule has 0 bridgehead atoms. The van der Waals surface area contributed by atoms with Crippen molar-refractivity contribution in [2.45, 2.75) is 31.7 Å². The molecule has 142 valence electrons. The molecular formula is C20H24FN5O. The van der Waals surface area contributed by atoms with E-state index in [9.17, 15) is 9.18 Å². The number of nitrogens with zero attached hydrogens (tertiary/aromatic N) is 4. The highest BCUT2D eigenvalue weighted by Crippen LogP contribution is 2.25. The second-order valence-corrected chi connectivity index (χ2v) is 7.19. The van der Waals surface area contributed by atoms with Crippen molar-refractivity contribution in [1.29, 1.82) is 0 Å². The molecule has 1 N–H and O–H groups in total. The minimum atomic E-state index is -0.439. The molecule has 6 nitrogen and oxygen atoms in total. The molecule has 0 radical (unpaired) electrons. The summed E-state index contributed by atoms with van der Waals surface area (Å²) in [6.45, 7) is 3.93. The van der Waals surface area contributed by atoms with E-state index in [0.29, 0.717) is 5.82 Å². The molecular weight excluding hydrogens is 345 g/mol. The predicted octanol–water partition coefficient (Wildman–Crippen LogP) is 2.93. The molecule has 7 heteroatoms. The Kier molecular flexibility index (Phi) is 5.29. The number of amides is 1. The van der Waals surface area contributed by atoms with Crippen LogP contribution in [0.1, 0.15) is 36.0 Å². The molecule has 0 unspecified atom stereocenters. The fraction of sp³-hybridized carbons (Fsp3) is 0.450. The molecule has 1 aliphatic carbocycles. The van der Waals surface area contributed by atoms with E-state index in [-0.39, 0.29) is 11.5 Å². The van der Waals surface area contributed by atoms with Gasteiger partial charge in [-0.05, 0) is 31.0 Å². The average molecular weight is 369 g/mol. The maximum absolute atomic E-state index is 13.3. The van der Waals surface area contributed by atoms with Crippen LogP contribution < -0.4 is 10.2 Å². The quantitative estimate of drug-likeness (QED) is 0.898. The van der Waals surface area contributed by atoms with Gasteiger partial charge in [-0.25, -0.2) is 14.4 Å². The zero-order chi connectivity index (χ0) is 18.6. The molecule has 2 aliphatic rings. The molecule has 0 spiro atoms. The summed E-state index contributed by atoms with van der Waals surface area (Å²) < 4.78 is 13.3. The minimum Gasteiger partial charge on any atom is -0.354 e. The standard InChI is InChI=1S/C20H24FN5O/c21-16-5-3-4-15(12-16)20(27)24-18-13-19(23-14-22-18)26-10-8-25(9-11-26)17-6-1-2-7-17/h3-5,12-14,17H,1-2,6-11H2,(H,22,23,24,27). The van der Waals surface area contributed by atoms with Gasteiger partial charge in [-0.3, -0.25) is 9.69 Å². The average Bonchev–Trinajstić information content (AvgIpc) is 3.23. The molecule has 1 amide bonds. The first-order valence-electron chi connectivity index (χ1n) is 9.57. The van der Waals surface area contributed by atoms with E-state index >= 15 is 0 Å². The summed E-state index contributed by atoms with van der Waals surface area (Å²) in [5, 5.41) is 2.72. The van der Waals surface area contributed by atoms with Crippen molar-refractivity contribution in [1.82, 2.24) is 14.9 Å². The topological polar surface area (TPSA) is 61.4 Å². The Morgan fingerprint density at radius 2 is 1.85 bits per heavy atom. The van der Waals surface area contributed by atoms with Gasteiger partial charge in [0.15, 0.2) is 0 Å². The van der Waals surface area contributed by atoms with Crippen molar-refractivity contribution in [3.05, 3.63) is 48.0 Å². The van der Waals surface area contributed by atoms with Gasteiger partial charge < -0.3 is 10.2 Å². The number of halogens is 1. The van der Waals surface area contributed by atoms with Gasteiger partial charge in [-0.15, -0.1) is 0 Å². The zero-order valence-electron chi connectivity index (χ0n) is 15.3. The number of aromatic nitrogens is 2. The van der Waals surface area contributed by atoms with Gasteiger partial charge in [-0.2, -0.15) is 0 Å². The number of hydrogen-bond donors (Lipinski definition) is 1. The number of hydrogen-bond acceptors (Lipinski definition) is 5. The lowest BCUT2D eigenvalue weighted by Gasteiger charge is -2.38. The lowest BCUT2D eigenvalue weighted by atomic mass is 10.2. The van der Waals surface area contributed by atoms with Crippen LogP contribution in [-0.4, -0.2) is 53.0 Å². The summed E-state index contributed by atoms with van der Waals surface area (Å²) in [5.41, 5.74) is 0.264. The number of nitrogens with one attached hydrogen (secondary N) is 1. The minimum absolute atomic E-state index is 0.264. The molecule has 1 aromatic heterocycles. The van der Waals surface area contributed by atoms with E-state index in [4.69, 9.17) is 0 Å². The van der Waals surface area contributed by atoms with Crippen LogP contribution >= 0.6 is 0 Å². The Hall–Kier alpha value is -2.54. The van der Waals surface area contributed by atoms with Crippen molar-refractivity contribution in [3.8, 4) is 0 Å². The molecule has 4 rings (SSSR count). The highest BCUT2D eigenvalue weighted by atomic mass is 19.1. The van der Waals surface area contributed by atoms with Gasteiger partial charge in [0.1, 0.15) is 23.8 Å². The Balaban J connectivity index is 1.38. The van der Waals surface area contributed by atoms with Crippen LogP contribution in [0, 0.1) is 5.82 Å². The summed E-state index contributed by atoms with van der Waals surface area (Å²) in [5.74, 6) is 0.412. The normalized spacial score (nSPS) is 18.6. The first-order valence-corrected chi connectivity index (χ1v) is 9.57. The van der Waals surface area contributed by atoms with Crippen LogP contribution in [0.4, 0.5) is 16.0 Å². The smallest absolute Gasteiger partial charge is 0.256 e. The second kappa shape index (κ2) is 8.00. The zero-order valence-corrected chi connectivity index (χ0v) is 15.3. The third-order valence-electron chi connectivity index (χ3n) is 5.46. The highest BCUT2D eigenvalue weighted by Gasteiger charge is 2.26. The number of anilines is 2. The van der Waals surface area contributed by atoms with Gasteiger partial charge in [0.05, 0.1) is 0 Å². The van der Waals surface area contributed by atoms with E-state index < -0.39 is 5.82 Å². The molecule has 1 saturated carbocycles. The van der Waals surface area contributed by atoms with Crippen LogP contribution in [0.15, 0.2) is 36.7 Å². The van der Waals surface area contributed by atoms with Crippen LogP contribution in [0.2, 0.25) is 0 Å². The van der Waals surface area contributed by atoms with Gasteiger partial charge >= 0.3 is 0 Å². The maximum atomic E-state index is 13.3. The van der Waals surface area contributed by atoms with Crippen molar-refractivity contribution < 1.29 is 9.18 Å². The highest BCUT2D eigenvalue weighted by molar-refractivity contribution is 6.03. The summed E-state index contributed by atoms with van der Waals surface area (Å²) in [4.78, 5) is 25.6. The molecule has 2 aromatic rings. The number of piperazine rings is 1. The third kappa shape index (κ3) is 4.24. The number of carbonyl (C=O) groups excluding carboxylic acids is 1. The first-order chi connectivity index (χ1) is 13.2. The van der Waals surface area contributed by atoms with E-state index in [1.165, 1.54) is 50.2 Å². The molecule has 0 atom stereocenters.